The van der Waals surface area contributed by atoms with Crippen molar-refractivity contribution in [2.75, 3.05) is 12.3 Å². The van der Waals surface area contributed by atoms with Crippen LogP contribution in [0.3, 0.4) is 0 Å². The van der Waals surface area contributed by atoms with Crippen LogP contribution >= 0.6 is 11.8 Å². The maximum atomic E-state index is 11.9. The van der Waals surface area contributed by atoms with Crippen LogP contribution in [0.4, 0.5) is 18.0 Å². The van der Waals surface area contributed by atoms with E-state index < -0.39 is 23.4 Å². The number of thioether (sulfide) groups is 1. The second kappa shape index (κ2) is 5.71. The third kappa shape index (κ3) is 3.31. The zero-order chi connectivity index (χ0) is 14.9. The Morgan fingerprint density at radius 3 is 2.60 bits per heavy atom. The highest BCUT2D eigenvalue weighted by Gasteiger charge is 2.51. The van der Waals surface area contributed by atoms with Gasteiger partial charge >= 0.3 is 17.5 Å². The molecular weight excluding hydrogens is 297 g/mol. The summed E-state index contributed by atoms with van der Waals surface area (Å²) in [5, 5.41) is 11.5. The second-order valence-corrected chi connectivity index (χ2v) is 6.07. The Bertz CT molecular complexity index is 405. The quantitative estimate of drug-likeness (QED) is 0.778. The molecule has 2 fully saturated rings. The van der Waals surface area contributed by atoms with Gasteiger partial charge in [0.1, 0.15) is 0 Å². The molecule has 9 heteroatoms. The van der Waals surface area contributed by atoms with Gasteiger partial charge in [-0.25, -0.2) is 4.79 Å². The van der Waals surface area contributed by atoms with Crippen molar-refractivity contribution in [3.63, 3.8) is 0 Å². The molecule has 2 amide bonds. The smallest absolute Gasteiger partial charge is 0.441 e. The highest BCUT2D eigenvalue weighted by Crippen LogP contribution is 2.41. The minimum Gasteiger partial charge on any atom is -0.481 e. The van der Waals surface area contributed by atoms with E-state index in [4.69, 9.17) is 5.11 Å². The minimum absolute atomic E-state index is 0.0866. The van der Waals surface area contributed by atoms with Gasteiger partial charge in [-0.2, -0.15) is 13.2 Å². The first-order valence-corrected chi connectivity index (χ1v) is 7.28. The van der Waals surface area contributed by atoms with Crippen molar-refractivity contribution in [1.29, 1.82) is 0 Å². The van der Waals surface area contributed by atoms with E-state index in [2.05, 4.69) is 5.32 Å². The van der Waals surface area contributed by atoms with Gasteiger partial charge in [-0.1, -0.05) is 0 Å². The molecule has 2 heterocycles. The SMILES string of the molecule is O=C(O)C1CC2CCC1N2C(=O)NCCSC(F)(F)F. The first-order chi connectivity index (χ1) is 9.29. The number of urea groups is 1. The summed E-state index contributed by atoms with van der Waals surface area (Å²) in [6, 6.07) is -0.881. The average Bonchev–Trinajstić information content (AvgIpc) is 2.90. The number of carbonyl (C=O) groups is 2. The molecule has 20 heavy (non-hydrogen) atoms. The van der Waals surface area contributed by atoms with Crippen molar-refractivity contribution >= 4 is 23.8 Å². The number of aliphatic carboxylic acids is 1. The fraction of sp³-hybridized carbons (Fsp3) is 0.818. The number of nitrogens with zero attached hydrogens (tertiary/aromatic N) is 1. The lowest BCUT2D eigenvalue weighted by atomic mass is 9.89. The predicted molar refractivity (Wildman–Crippen MR) is 66.3 cm³/mol. The van der Waals surface area contributed by atoms with Crippen molar-refractivity contribution in [2.24, 2.45) is 5.92 Å². The first-order valence-electron chi connectivity index (χ1n) is 6.29. The Hall–Kier alpha value is -1.12. The third-order valence-corrected chi connectivity index (χ3v) is 4.47. The molecule has 2 rings (SSSR count). The Morgan fingerprint density at radius 2 is 2.05 bits per heavy atom. The molecule has 0 aromatic heterocycles. The number of hydrogen-bond acceptors (Lipinski definition) is 3. The Morgan fingerprint density at radius 1 is 1.35 bits per heavy atom. The third-order valence-electron chi connectivity index (χ3n) is 3.73. The number of fused-ring (bicyclic) bond motifs is 2. The molecule has 0 aromatic rings. The maximum Gasteiger partial charge on any atom is 0.441 e. The first kappa shape index (κ1) is 15.3. The number of hydrogen-bond donors (Lipinski definition) is 2. The molecule has 0 radical (unpaired) electrons. The second-order valence-electron chi connectivity index (χ2n) is 4.91. The largest absolute Gasteiger partial charge is 0.481 e. The van der Waals surface area contributed by atoms with Crippen LogP contribution in [0.5, 0.6) is 0 Å². The number of halogens is 3. The summed E-state index contributed by atoms with van der Waals surface area (Å²) in [6.07, 6.45) is 1.84. The minimum atomic E-state index is -4.30. The lowest BCUT2D eigenvalue weighted by Gasteiger charge is -2.23. The summed E-state index contributed by atoms with van der Waals surface area (Å²) in [6.45, 7) is -0.0866. The summed E-state index contributed by atoms with van der Waals surface area (Å²) in [5.74, 6) is -1.72. The molecule has 0 spiro atoms. The topological polar surface area (TPSA) is 69.6 Å². The summed E-state index contributed by atoms with van der Waals surface area (Å²) in [4.78, 5) is 24.5. The van der Waals surface area contributed by atoms with Gasteiger partial charge in [0, 0.05) is 24.4 Å². The van der Waals surface area contributed by atoms with E-state index in [1.807, 2.05) is 0 Å². The van der Waals surface area contributed by atoms with Gasteiger partial charge in [0.25, 0.3) is 0 Å². The van der Waals surface area contributed by atoms with Crippen molar-refractivity contribution < 1.29 is 27.9 Å². The molecule has 114 valence electrons. The maximum absolute atomic E-state index is 11.9. The van der Waals surface area contributed by atoms with Gasteiger partial charge < -0.3 is 15.3 Å². The molecule has 2 aliphatic heterocycles. The van der Waals surface area contributed by atoms with Gasteiger partial charge in [-0.3, -0.25) is 4.79 Å². The number of amides is 2. The van der Waals surface area contributed by atoms with Gasteiger partial charge in [0.15, 0.2) is 0 Å². The van der Waals surface area contributed by atoms with E-state index in [1.54, 1.807) is 0 Å². The van der Waals surface area contributed by atoms with Crippen molar-refractivity contribution in [1.82, 2.24) is 10.2 Å². The molecule has 0 aromatic carbocycles. The average molecular weight is 312 g/mol. The van der Waals surface area contributed by atoms with Crippen molar-refractivity contribution in [3.05, 3.63) is 0 Å². The van der Waals surface area contributed by atoms with Crippen LogP contribution in [0.25, 0.3) is 0 Å². The van der Waals surface area contributed by atoms with Crippen LogP contribution < -0.4 is 5.32 Å². The molecule has 2 bridgehead atoms. The number of alkyl halides is 3. The Kier molecular flexibility index (Phi) is 4.36. The fourth-order valence-electron chi connectivity index (χ4n) is 2.99. The summed E-state index contributed by atoms with van der Waals surface area (Å²) < 4.78 is 35.8. The van der Waals surface area contributed by atoms with Crippen LogP contribution in [0, 0.1) is 5.92 Å². The van der Waals surface area contributed by atoms with Crippen LogP contribution in [0.15, 0.2) is 0 Å². The molecule has 0 aliphatic carbocycles. The number of rotatable bonds is 4. The van der Waals surface area contributed by atoms with Gasteiger partial charge in [0.05, 0.1) is 5.92 Å². The van der Waals surface area contributed by atoms with Crippen LogP contribution in [-0.2, 0) is 4.79 Å². The standard InChI is InChI=1S/C11H15F3N2O3S/c12-11(13,14)20-4-3-15-10(19)16-6-1-2-8(16)7(5-6)9(17)18/h6-8H,1-5H2,(H,15,19)(H,17,18). The van der Waals surface area contributed by atoms with E-state index in [0.29, 0.717) is 12.8 Å². The molecule has 2 N–H and O–H groups in total. The van der Waals surface area contributed by atoms with Crippen LogP contribution in [0.1, 0.15) is 19.3 Å². The Labute approximate surface area is 117 Å². The van der Waals surface area contributed by atoms with E-state index >= 15 is 0 Å². The number of carboxylic acids is 1. The number of nitrogens with one attached hydrogen (secondary N) is 1. The summed E-state index contributed by atoms with van der Waals surface area (Å²) in [7, 11) is 0. The highest BCUT2D eigenvalue weighted by atomic mass is 32.2. The molecule has 2 saturated heterocycles. The molecule has 2 aliphatic rings. The van der Waals surface area contributed by atoms with Crippen LogP contribution in [0.2, 0.25) is 0 Å². The van der Waals surface area contributed by atoms with Gasteiger partial charge in [0.2, 0.25) is 0 Å². The molecule has 0 saturated carbocycles. The van der Waals surface area contributed by atoms with E-state index in [0.717, 1.165) is 6.42 Å². The zero-order valence-corrected chi connectivity index (χ0v) is 11.3. The van der Waals surface area contributed by atoms with Crippen molar-refractivity contribution in [2.45, 2.75) is 36.9 Å². The van der Waals surface area contributed by atoms with E-state index in [1.165, 1.54) is 4.90 Å². The zero-order valence-electron chi connectivity index (χ0n) is 10.5. The summed E-state index contributed by atoms with van der Waals surface area (Å²) >= 11 is -0.187. The Balaban J connectivity index is 1.81. The highest BCUT2D eigenvalue weighted by molar-refractivity contribution is 8.00. The predicted octanol–water partition coefficient (Wildman–Crippen LogP) is 1.89. The number of carboxylic acid groups (broad SMARTS) is 1. The molecule has 5 nitrogen and oxygen atoms in total. The lowest BCUT2D eigenvalue weighted by Crippen LogP contribution is -2.45. The monoisotopic (exact) mass is 312 g/mol. The van der Waals surface area contributed by atoms with Gasteiger partial charge in [-0.15, -0.1) is 0 Å². The molecular formula is C11H15F3N2O3S. The lowest BCUT2D eigenvalue weighted by molar-refractivity contribution is -0.142. The molecule has 3 atom stereocenters. The van der Waals surface area contributed by atoms with E-state index in [-0.39, 0.29) is 36.1 Å². The van der Waals surface area contributed by atoms with Gasteiger partial charge in [-0.05, 0) is 31.0 Å². The van der Waals surface area contributed by atoms with Crippen molar-refractivity contribution in [3.8, 4) is 0 Å². The molecule has 3 unspecified atom stereocenters. The van der Waals surface area contributed by atoms with E-state index in [9.17, 15) is 22.8 Å². The fourth-order valence-corrected chi connectivity index (χ4v) is 3.42. The van der Waals surface area contributed by atoms with Crippen LogP contribution in [-0.4, -0.2) is 51.9 Å². The summed E-state index contributed by atoms with van der Waals surface area (Å²) in [5.41, 5.74) is -4.30. The normalized spacial score (nSPS) is 28.8. The number of carbonyl (C=O) groups excluding carboxylic acids is 1.